The van der Waals surface area contributed by atoms with E-state index >= 15 is 0 Å². The molecule has 188 valence electrons. The fourth-order valence-electron chi connectivity index (χ4n) is 3.08. The molecule has 0 atom stereocenters. The van der Waals surface area contributed by atoms with Crippen molar-refractivity contribution in [2.75, 3.05) is 26.2 Å². The van der Waals surface area contributed by atoms with E-state index in [-0.39, 0.29) is 47.2 Å². The summed E-state index contributed by atoms with van der Waals surface area (Å²) in [5.41, 5.74) is 12.5. The Morgan fingerprint density at radius 2 is 1.97 bits per heavy atom. The van der Waals surface area contributed by atoms with E-state index in [4.69, 9.17) is 40.1 Å². The molecule has 34 heavy (non-hydrogen) atoms. The second-order valence-electron chi connectivity index (χ2n) is 7.07. The van der Waals surface area contributed by atoms with Gasteiger partial charge < -0.3 is 21.7 Å². The highest BCUT2D eigenvalue weighted by Gasteiger charge is 2.23. The molecule has 0 aliphatic carbocycles. The number of carbonyl (C=O) groups excluding carboxylic acids is 1. The van der Waals surface area contributed by atoms with Crippen molar-refractivity contribution in [2.45, 2.75) is 40.7 Å². The molecule has 0 radical (unpaired) electrons. The van der Waals surface area contributed by atoms with Crippen LogP contribution in [0.2, 0.25) is 10.0 Å². The van der Waals surface area contributed by atoms with Crippen LogP contribution >= 0.6 is 23.2 Å². The Morgan fingerprint density at radius 3 is 2.56 bits per heavy atom. The van der Waals surface area contributed by atoms with Crippen LogP contribution < -0.4 is 16.8 Å². The first kappa shape index (κ1) is 29.5. The van der Waals surface area contributed by atoms with Crippen LogP contribution in [0, 0.1) is 17.1 Å². The lowest BCUT2D eigenvalue weighted by molar-refractivity contribution is -0.119. The summed E-state index contributed by atoms with van der Waals surface area (Å²) in [6, 6.07) is 2.62. The van der Waals surface area contributed by atoms with Gasteiger partial charge in [0.05, 0.1) is 23.0 Å². The van der Waals surface area contributed by atoms with Crippen molar-refractivity contribution in [3.05, 3.63) is 45.3 Å². The van der Waals surface area contributed by atoms with Crippen LogP contribution in [0.3, 0.4) is 0 Å². The molecule has 0 saturated carbocycles. The molecule has 2 heterocycles. The summed E-state index contributed by atoms with van der Waals surface area (Å²) in [6.07, 6.45) is 1.67. The molecule has 1 fully saturated rings. The number of aliphatic imine (C=N–C) groups is 2. The van der Waals surface area contributed by atoms with Gasteiger partial charge in [-0.25, -0.2) is 4.39 Å². The van der Waals surface area contributed by atoms with Gasteiger partial charge in [-0.05, 0) is 37.2 Å². The van der Waals surface area contributed by atoms with Crippen molar-refractivity contribution in [3.63, 3.8) is 0 Å². The number of nitrogens with zero attached hydrogens (tertiary/aromatic N) is 3. The van der Waals surface area contributed by atoms with Crippen molar-refractivity contribution in [1.82, 2.24) is 10.2 Å². The van der Waals surface area contributed by atoms with Crippen LogP contribution in [0.15, 0.2) is 33.9 Å². The van der Waals surface area contributed by atoms with Crippen molar-refractivity contribution >= 4 is 46.5 Å². The van der Waals surface area contributed by atoms with Crippen LogP contribution in [0.5, 0.6) is 0 Å². The summed E-state index contributed by atoms with van der Waals surface area (Å²) in [5, 5.41) is 11.5. The number of nitrogens with one attached hydrogen (secondary N) is 2. The Balaban J connectivity index is 0.00000137. The van der Waals surface area contributed by atoms with Gasteiger partial charge in [0.25, 0.3) is 0 Å². The van der Waals surface area contributed by atoms with E-state index in [1.54, 1.807) is 4.90 Å². The highest BCUT2D eigenvalue weighted by molar-refractivity contribution is 6.45. The minimum Gasteiger partial charge on any atom is -0.382 e. The zero-order valence-electron chi connectivity index (χ0n) is 20.1. The van der Waals surface area contributed by atoms with Crippen LogP contribution in [-0.2, 0) is 11.3 Å². The smallest absolute Gasteiger partial charge is 0.248 e. The molecule has 3 rings (SSSR count). The van der Waals surface area contributed by atoms with Crippen LogP contribution in [-0.4, -0.2) is 54.4 Å². The highest BCUT2D eigenvalue weighted by atomic mass is 35.5. The lowest BCUT2D eigenvalue weighted by atomic mass is 9.99. The maximum atomic E-state index is 13.9. The molecule has 1 aromatic rings. The number of amides is 1. The average Bonchev–Trinajstić information content (AvgIpc) is 2.81. The molecule has 1 saturated heterocycles. The molecule has 6 N–H and O–H groups in total. The van der Waals surface area contributed by atoms with E-state index in [2.05, 4.69) is 15.3 Å². The van der Waals surface area contributed by atoms with Crippen molar-refractivity contribution in [1.29, 1.82) is 5.41 Å². The third kappa shape index (κ3) is 8.07. The lowest BCUT2D eigenvalue weighted by Crippen LogP contribution is -2.43. The molecule has 1 aromatic carbocycles. The SMILES string of the molecule is CC.CC.N=C(/C=C1\C(N)=NCCN1Cc1c(Cl)ccc(F)c1Cl)C(N)=NC(=O)CC1CNC1. The largest absolute Gasteiger partial charge is 0.382 e. The van der Waals surface area contributed by atoms with Gasteiger partial charge in [0.1, 0.15) is 11.7 Å². The molecule has 1 amide bonds. The van der Waals surface area contributed by atoms with E-state index in [9.17, 15) is 9.18 Å². The average molecular weight is 514 g/mol. The molecule has 0 aromatic heterocycles. The standard InChI is InChI=1S/C19H22Cl2FN7O.2C2H6/c20-12-1-2-13(22)17(21)11(12)9-29-4-3-27-19(25)15(29)6-14(23)18(24)28-16(30)5-10-7-26-8-10;2*1-2/h1-2,6,10,23,26H,3-5,7-9H2,(H2,25,27)(H2,24,28,30);2*1-2H3/b15-6+,23-14?;;. The van der Waals surface area contributed by atoms with Crippen LogP contribution in [0.4, 0.5) is 4.39 Å². The summed E-state index contributed by atoms with van der Waals surface area (Å²) in [5.74, 6) is -0.722. The molecule has 11 heteroatoms. The van der Waals surface area contributed by atoms with Gasteiger partial charge in [-0.2, -0.15) is 4.99 Å². The maximum Gasteiger partial charge on any atom is 0.248 e. The zero-order chi connectivity index (χ0) is 25.8. The highest BCUT2D eigenvalue weighted by Crippen LogP contribution is 2.29. The predicted octanol–water partition coefficient (Wildman–Crippen LogP) is 3.75. The van der Waals surface area contributed by atoms with Gasteiger partial charge >= 0.3 is 0 Å². The van der Waals surface area contributed by atoms with Crippen LogP contribution in [0.1, 0.15) is 39.7 Å². The number of benzene rings is 1. The lowest BCUT2D eigenvalue weighted by Gasteiger charge is -2.30. The fraction of sp³-hybridized carbons (Fsp3) is 0.478. The summed E-state index contributed by atoms with van der Waals surface area (Å²) in [7, 11) is 0. The van der Waals surface area contributed by atoms with E-state index < -0.39 is 5.82 Å². The Bertz CT molecular complexity index is 959. The molecule has 2 aliphatic rings. The molecule has 8 nitrogen and oxygen atoms in total. The number of carbonyl (C=O) groups is 1. The topological polar surface area (TPSA) is 133 Å². The van der Waals surface area contributed by atoms with Gasteiger partial charge in [-0.1, -0.05) is 50.9 Å². The van der Waals surface area contributed by atoms with Crippen molar-refractivity contribution in [3.8, 4) is 0 Å². The second kappa shape index (κ2) is 14.7. The summed E-state index contributed by atoms with van der Waals surface area (Å²) < 4.78 is 13.9. The first-order valence-electron chi connectivity index (χ1n) is 11.3. The Morgan fingerprint density at radius 1 is 1.32 bits per heavy atom. The Hall–Kier alpha value is -2.49. The van der Waals surface area contributed by atoms with Gasteiger partial charge in [-0.15, -0.1) is 0 Å². The molecule has 0 spiro atoms. The third-order valence-electron chi connectivity index (χ3n) is 4.87. The second-order valence-corrected chi connectivity index (χ2v) is 7.86. The van der Waals surface area contributed by atoms with E-state index in [0.717, 1.165) is 13.1 Å². The Kier molecular flexibility index (Phi) is 12.8. The zero-order valence-corrected chi connectivity index (χ0v) is 21.6. The number of halogens is 3. The quantitative estimate of drug-likeness (QED) is 0.261. The predicted molar refractivity (Wildman–Crippen MR) is 139 cm³/mol. The number of rotatable bonds is 6. The molecule has 2 aliphatic heterocycles. The monoisotopic (exact) mass is 513 g/mol. The normalized spacial score (nSPS) is 17.0. The summed E-state index contributed by atoms with van der Waals surface area (Å²) >= 11 is 12.3. The summed E-state index contributed by atoms with van der Waals surface area (Å²) in [6.45, 7) is 10.6. The number of hydrogen-bond donors (Lipinski definition) is 4. The van der Waals surface area contributed by atoms with Gasteiger partial charge in [0.2, 0.25) is 5.91 Å². The van der Waals surface area contributed by atoms with E-state index in [1.807, 2.05) is 27.7 Å². The number of hydrogen-bond acceptors (Lipinski definition) is 6. The van der Waals surface area contributed by atoms with Crippen LogP contribution in [0.25, 0.3) is 0 Å². The Labute approximate surface area is 210 Å². The van der Waals surface area contributed by atoms with E-state index in [1.165, 1.54) is 18.2 Å². The summed E-state index contributed by atoms with van der Waals surface area (Å²) in [4.78, 5) is 21.8. The van der Waals surface area contributed by atoms with Gasteiger partial charge in [0.15, 0.2) is 5.84 Å². The fourth-order valence-corrected chi connectivity index (χ4v) is 3.57. The maximum absolute atomic E-state index is 13.9. The molecule has 0 unspecified atom stereocenters. The molecule has 0 bridgehead atoms. The number of amidine groups is 2. The number of nitrogens with two attached hydrogens (primary N) is 2. The molecular weight excluding hydrogens is 480 g/mol. The minimum atomic E-state index is -0.579. The van der Waals surface area contributed by atoms with E-state index in [0.29, 0.717) is 29.4 Å². The third-order valence-corrected chi connectivity index (χ3v) is 5.64. The first-order chi connectivity index (χ1) is 16.3. The molecular formula is C23H34Cl2FN7O. The van der Waals surface area contributed by atoms with Gasteiger partial charge in [0, 0.05) is 30.1 Å². The minimum absolute atomic E-state index is 0.0739. The van der Waals surface area contributed by atoms with Gasteiger partial charge in [-0.3, -0.25) is 15.2 Å². The van der Waals surface area contributed by atoms with Crippen molar-refractivity contribution < 1.29 is 9.18 Å². The van der Waals surface area contributed by atoms with Crippen molar-refractivity contribution in [2.24, 2.45) is 27.4 Å². The first-order valence-corrected chi connectivity index (χ1v) is 12.1.